The lowest BCUT2D eigenvalue weighted by Gasteiger charge is -2.24. The minimum absolute atomic E-state index is 0.156. The molecule has 0 unspecified atom stereocenters. The van der Waals surface area contributed by atoms with Crippen LogP contribution in [-0.4, -0.2) is 108 Å². The molecule has 0 aromatic heterocycles. The number of carboxylic acids is 2. The van der Waals surface area contributed by atoms with E-state index in [9.17, 15) is 9.59 Å². The topological polar surface area (TPSA) is 158 Å². The van der Waals surface area contributed by atoms with Crippen LogP contribution in [0.2, 0.25) is 0 Å². The minimum Gasteiger partial charge on any atom is -0.473 e. The van der Waals surface area contributed by atoms with E-state index in [4.69, 9.17) is 29.3 Å². The number of nitrogens with zero attached hydrogens (tertiary/aromatic N) is 2. The van der Waals surface area contributed by atoms with Crippen LogP contribution in [0.15, 0.2) is 0 Å². The fourth-order valence-electron chi connectivity index (χ4n) is 4.66. The first-order valence-electron chi connectivity index (χ1n) is 12.4. The molecule has 4 atom stereocenters. The second kappa shape index (κ2) is 12.1. The van der Waals surface area contributed by atoms with Crippen molar-refractivity contribution in [3.8, 4) is 0 Å². The van der Waals surface area contributed by atoms with Crippen LogP contribution in [0.4, 0.5) is 9.59 Å². The number of likely N-dealkylation sites (tertiary alicyclic amines) is 2. The smallest absolute Gasteiger partial charge is 0.414 e. The Morgan fingerprint density at radius 2 is 0.861 bits per heavy atom. The van der Waals surface area contributed by atoms with Crippen LogP contribution in [0.3, 0.4) is 0 Å². The van der Waals surface area contributed by atoms with Gasteiger partial charge >= 0.3 is 24.1 Å². The molecule has 0 radical (unpaired) electrons. The van der Waals surface area contributed by atoms with Gasteiger partial charge in [0.25, 0.3) is 0 Å². The van der Waals surface area contributed by atoms with Crippen molar-refractivity contribution < 1.29 is 38.9 Å². The molecule has 4 saturated heterocycles. The maximum Gasteiger partial charge on any atom is 0.414 e. The summed E-state index contributed by atoms with van der Waals surface area (Å²) in [7, 11) is 0. The first kappa shape index (κ1) is 29.6. The van der Waals surface area contributed by atoms with Gasteiger partial charge in [0, 0.05) is 52.4 Å². The summed E-state index contributed by atoms with van der Waals surface area (Å²) in [5.41, 5.74) is -0.764. The minimum atomic E-state index is -1.82. The molecule has 12 nitrogen and oxygen atoms in total. The Hall–Kier alpha value is -2.60. The molecule has 12 heteroatoms. The highest BCUT2D eigenvalue weighted by Crippen LogP contribution is 2.28. The van der Waals surface area contributed by atoms with E-state index in [1.807, 2.05) is 51.3 Å². The lowest BCUT2D eigenvalue weighted by molar-refractivity contribution is -0.159. The summed E-state index contributed by atoms with van der Waals surface area (Å²) in [6.07, 6.45) is -0.311. The number of amides is 2. The molecular formula is C24H42N4O8. The van der Waals surface area contributed by atoms with E-state index >= 15 is 0 Å². The van der Waals surface area contributed by atoms with Gasteiger partial charge in [0.05, 0.1) is 0 Å². The monoisotopic (exact) mass is 514 g/mol. The predicted molar refractivity (Wildman–Crippen MR) is 131 cm³/mol. The molecule has 0 spiro atoms. The Balaban J connectivity index is 0.000000208. The van der Waals surface area contributed by atoms with Crippen molar-refractivity contribution in [3.63, 3.8) is 0 Å². The van der Waals surface area contributed by atoms with E-state index in [1.165, 1.54) is 0 Å². The van der Waals surface area contributed by atoms with Crippen molar-refractivity contribution >= 4 is 24.1 Å². The SMILES string of the molecule is CC(C)(C)OC(=O)N1C[C@H]2CNC[C@H]2C1.CC(C)(C)OC(=O)N1C[C@H]2CNC[C@H]2C1.O=C(O)C(=O)O. The molecule has 2 amide bonds. The highest BCUT2D eigenvalue weighted by atomic mass is 16.6. The van der Waals surface area contributed by atoms with Crippen LogP contribution in [-0.2, 0) is 19.1 Å². The molecule has 4 aliphatic heterocycles. The quantitative estimate of drug-likeness (QED) is 0.347. The van der Waals surface area contributed by atoms with Gasteiger partial charge in [0.2, 0.25) is 0 Å². The molecule has 0 saturated carbocycles. The fourth-order valence-corrected chi connectivity index (χ4v) is 4.66. The van der Waals surface area contributed by atoms with Gasteiger partial charge in [0.15, 0.2) is 0 Å². The largest absolute Gasteiger partial charge is 0.473 e. The van der Waals surface area contributed by atoms with Gasteiger partial charge in [-0.25, -0.2) is 19.2 Å². The summed E-state index contributed by atoms with van der Waals surface area (Å²) in [4.78, 5) is 45.4. The summed E-state index contributed by atoms with van der Waals surface area (Å²) in [6.45, 7) is 19.0. The number of carbonyl (C=O) groups excluding carboxylic acids is 2. The van der Waals surface area contributed by atoms with Crippen molar-refractivity contribution in [2.45, 2.75) is 52.7 Å². The van der Waals surface area contributed by atoms with Crippen LogP contribution in [0.25, 0.3) is 0 Å². The normalized spacial score (nSPS) is 26.6. The van der Waals surface area contributed by atoms with Gasteiger partial charge < -0.3 is 40.1 Å². The second-order valence-corrected chi connectivity index (χ2v) is 11.7. The second-order valence-electron chi connectivity index (χ2n) is 11.7. The molecule has 4 heterocycles. The maximum atomic E-state index is 11.8. The van der Waals surface area contributed by atoms with E-state index in [0.29, 0.717) is 23.7 Å². The number of hydrogen-bond donors (Lipinski definition) is 4. The third kappa shape index (κ3) is 9.45. The van der Waals surface area contributed by atoms with Crippen molar-refractivity contribution in [1.82, 2.24) is 20.4 Å². The highest BCUT2D eigenvalue weighted by Gasteiger charge is 2.40. The van der Waals surface area contributed by atoms with Gasteiger partial charge in [-0.05, 0) is 65.2 Å². The number of rotatable bonds is 0. The fraction of sp³-hybridized carbons (Fsp3) is 0.833. The molecule has 36 heavy (non-hydrogen) atoms. The van der Waals surface area contributed by atoms with Crippen molar-refractivity contribution in [1.29, 1.82) is 0 Å². The molecule has 0 bridgehead atoms. The highest BCUT2D eigenvalue weighted by molar-refractivity contribution is 6.27. The van der Waals surface area contributed by atoms with Crippen molar-refractivity contribution in [3.05, 3.63) is 0 Å². The van der Waals surface area contributed by atoms with Gasteiger partial charge in [0.1, 0.15) is 11.2 Å². The maximum absolute atomic E-state index is 11.8. The third-order valence-corrected chi connectivity index (χ3v) is 6.27. The zero-order valence-corrected chi connectivity index (χ0v) is 22.2. The van der Waals surface area contributed by atoms with E-state index in [0.717, 1.165) is 52.4 Å². The first-order valence-corrected chi connectivity index (χ1v) is 12.4. The summed E-state index contributed by atoms with van der Waals surface area (Å²) in [5, 5.41) is 21.5. The van der Waals surface area contributed by atoms with E-state index in [1.54, 1.807) is 0 Å². The average molecular weight is 515 g/mol. The summed E-state index contributed by atoms with van der Waals surface area (Å²) >= 11 is 0. The molecule has 0 aromatic carbocycles. The molecular weight excluding hydrogens is 472 g/mol. The Kier molecular flexibility index (Phi) is 9.95. The third-order valence-electron chi connectivity index (χ3n) is 6.27. The van der Waals surface area contributed by atoms with Gasteiger partial charge in [-0.2, -0.15) is 0 Å². The Labute approximate surface area is 212 Å². The molecule has 4 aliphatic rings. The van der Waals surface area contributed by atoms with Crippen molar-refractivity contribution in [2.24, 2.45) is 23.7 Å². The molecule has 206 valence electrons. The molecule has 4 fully saturated rings. The zero-order chi connectivity index (χ0) is 27.3. The summed E-state index contributed by atoms with van der Waals surface area (Å²) < 4.78 is 10.7. The number of ether oxygens (including phenoxy) is 2. The number of carbonyl (C=O) groups is 4. The van der Waals surface area contributed by atoms with Crippen LogP contribution < -0.4 is 10.6 Å². The van der Waals surface area contributed by atoms with Gasteiger partial charge in [-0.1, -0.05) is 0 Å². The number of aliphatic carboxylic acids is 2. The van der Waals surface area contributed by atoms with Crippen LogP contribution in [0, 0.1) is 23.7 Å². The van der Waals surface area contributed by atoms with E-state index in [2.05, 4.69) is 10.6 Å². The Morgan fingerprint density at radius 1 is 0.611 bits per heavy atom. The lowest BCUT2D eigenvalue weighted by Crippen LogP contribution is -2.37. The first-order chi connectivity index (χ1) is 16.6. The van der Waals surface area contributed by atoms with E-state index < -0.39 is 11.9 Å². The molecule has 4 rings (SSSR count). The number of nitrogens with one attached hydrogen (secondary N) is 2. The van der Waals surface area contributed by atoms with Crippen molar-refractivity contribution in [2.75, 3.05) is 52.4 Å². The van der Waals surface area contributed by atoms with Crippen LogP contribution in [0.1, 0.15) is 41.5 Å². The standard InChI is InChI=1S/2C11H20N2O2.C2H2O4/c2*1-11(2,3)15-10(14)13-6-8-4-12-5-9(8)7-13;3-1(4)2(5)6/h2*8-9,12H,4-7H2,1-3H3;(H,3,4)(H,5,6)/t2*8-,9+;. The van der Waals surface area contributed by atoms with Crippen LogP contribution >= 0.6 is 0 Å². The lowest BCUT2D eigenvalue weighted by atomic mass is 10.0. The van der Waals surface area contributed by atoms with Gasteiger partial charge in [-0.15, -0.1) is 0 Å². The number of carboxylic acid groups (broad SMARTS) is 2. The predicted octanol–water partition coefficient (Wildman–Crippen LogP) is 1.30. The van der Waals surface area contributed by atoms with E-state index in [-0.39, 0.29) is 23.4 Å². The number of fused-ring (bicyclic) bond motifs is 2. The molecule has 0 aliphatic carbocycles. The van der Waals surface area contributed by atoms with Crippen LogP contribution in [0.5, 0.6) is 0 Å². The zero-order valence-electron chi connectivity index (χ0n) is 22.2. The summed E-state index contributed by atoms with van der Waals surface area (Å²) in [5.74, 6) is -1.10. The summed E-state index contributed by atoms with van der Waals surface area (Å²) in [6, 6.07) is 0. The number of hydrogen-bond acceptors (Lipinski definition) is 8. The van der Waals surface area contributed by atoms with Gasteiger partial charge in [-0.3, -0.25) is 0 Å². The Morgan fingerprint density at radius 3 is 1.06 bits per heavy atom. The average Bonchev–Trinajstić information content (AvgIpc) is 3.46. The molecule has 4 N–H and O–H groups in total. The molecule has 0 aromatic rings. The Bertz CT molecular complexity index is 717.